The molecule has 0 radical (unpaired) electrons. The van der Waals surface area contributed by atoms with Gasteiger partial charge in [-0.05, 0) is 47.9 Å². The summed E-state index contributed by atoms with van der Waals surface area (Å²) >= 11 is 0. The van der Waals surface area contributed by atoms with Crippen molar-refractivity contribution < 1.29 is 14.0 Å². The highest BCUT2D eigenvalue weighted by Gasteiger charge is 2.45. The summed E-state index contributed by atoms with van der Waals surface area (Å²) in [7, 11) is 0. The molecule has 0 aliphatic carbocycles. The third-order valence-corrected chi connectivity index (χ3v) is 6.67. The topological polar surface area (TPSA) is 73.5 Å². The van der Waals surface area contributed by atoms with Gasteiger partial charge in [-0.1, -0.05) is 48.5 Å². The molecule has 3 amide bonds. The molecular weight excluding hydrogens is 431 g/mol. The number of nitrogens with one attached hydrogen (secondary N) is 3. The number of benzene rings is 3. The molecule has 2 aliphatic heterocycles. The fourth-order valence-corrected chi connectivity index (χ4v) is 5.13. The van der Waals surface area contributed by atoms with Crippen LogP contribution in [0.2, 0.25) is 0 Å². The number of hydrogen-bond acceptors (Lipinski definition) is 3. The molecule has 0 aromatic heterocycles. The predicted molar refractivity (Wildman–Crippen MR) is 130 cm³/mol. The van der Waals surface area contributed by atoms with Gasteiger partial charge in [0.1, 0.15) is 5.82 Å². The molecule has 34 heavy (non-hydrogen) atoms. The highest BCUT2D eigenvalue weighted by Crippen LogP contribution is 2.51. The van der Waals surface area contributed by atoms with Crippen LogP contribution in [0.25, 0.3) is 0 Å². The van der Waals surface area contributed by atoms with Gasteiger partial charge in [0.2, 0.25) is 5.91 Å². The molecule has 3 atom stereocenters. The number of urea groups is 1. The number of carbonyl (C=O) groups excluding carboxylic acids is 2. The molecule has 2 aliphatic rings. The minimum atomic E-state index is -0.421. The summed E-state index contributed by atoms with van der Waals surface area (Å²) < 4.78 is 13.0. The highest BCUT2D eigenvalue weighted by molar-refractivity contribution is 5.89. The SMILES string of the molecule is O=C(NCCC(=O)N1CC[C@@H]2[C@H](c3ccccc3)Nc3ccccc3[C@@H]21)Nc1ccc(F)cc1. The Morgan fingerprint density at radius 1 is 0.971 bits per heavy atom. The number of fused-ring (bicyclic) bond motifs is 3. The van der Waals surface area contributed by atoms with Crippen molar-refractivity contribution in [2.45, 2.75) is 24.9 Å². The third-order valence-electron chi connectivity index (χ3n) is 6.67. The van der Waals surface area contributed by atoms with Crippen molar-refractivity contribution in [3.63, 3.8) is 0 Å². The largest absolute Gasteiger partial charge is 0.378 e. The molecule has 0 spiro atoms. The second-order valence-electron chi connectivity index (χ2n) is 8.74. The van der Waals surface area contributed by atoms with Crippen molar-refractivity contribution >= 4 is 23.3 Å². The maximum atomic E-state index is 13.2. The van der Waals surface area contributed by atoms with Crippen molar-refractivity contribution in [1.82, 2.24) is 10.2 Å². The summed E-state index contributed by atoms with van der Waals surface area (Å²) in [5.41, 5.74) is 3.92. The zero-order valence-electron chi connectivity index (χ0n) is 18.7. The van der Waals surface area contributed by atoms with Gasteiger partial charge < -0.3 is 20.9 Å². The van der Waals surface area contributed by atoms with Gasteiger partial charge in [-0.25, -0.2) is 9.18 Å². The molecule has 6 nitrogen and oxygen atoms in total. The summed E-state index contributed by atoms with van der Waals surface area (Å²) in [5, 5.41) is 9.07. The Labute approximate surface area is 198 Å². The first kappa shape index (κ1) is 21.9. The zero-order valence-corrected chi connectivity index (χ0v) is 18.7. The molecule has 7 heteroatoms. The number of para-hydroxylation sites is 1. The van der Waals surface area contributed by atoms with Crippen LogP contribution >= 0.6 is 0 Å². The molecule has 3 aromatic rings. The molecule has 1 saturated heterocycles. The number of carbonyl (C=O) groups is 2. The van der Waals surface area contributed by atoms with E-state index in [-0.39, 0.29) is 42.7 Å². The van der Waals surface area contributed by atoms with Gasteiger partial charge in [0.25, 0.3) is 0 Å². The van der Waals surface area contributed by atoms with Crippen molar-refractivity contribution in [3.8, 4) is 0 Å². The molecule has 0 saturated carbocycles. The molecule has 3 aromatic carbocycles. The van der Waals surface area contributed by atoms with Gasteiger partial charge in [-0.15, -0.1) is 0 Å². The van der Waals surface area contributed by atoms with E-state index >= 15 is 0 Å². The van der Waals surface area contributed by atoms with E-state index in [1.165, 1.54) is 29.8 Å². The van der Waals surface area contributed by atoms with Crippen LogP contribution in [0.15, 0.2) is 78.9 Å². The van der Waals surface area contributed by atoms with E-state index in [0.29, 0.717) is 12.2 Å². The smallest absolute Gasteiger partial charge is 0.319 e. The summed E-state index contributed by atoms with van der Waals surface area (Å²) in [6, 6.07) is 23.8. The monoisotopic (exact) mass is 458 g/mol. The van der Waals surface area contributed by atoms with E-state index in [1.807, 2.05) is 35.2 Å². The van der Waals surface area contributed by atoms with Crippen molar-refractivity contribution in [2.24, 2.45) is 5.92 Å². The number of hydrogen-bond donors (Lipinski definition) is 3. The Balaban J connectivity index is 1.25. The minimum Gasteiger partial charge on any atom is -0.378 e. The standard InChI is InChI=1S/C27H27FN4O2/c28-19-10-12-20(13-11-19)30-27(34)29-16-14-24(33)32-17-15-22-25(18-6-2-1-3-7-18)31-23-9-5-4-8-21(23)26(22)32/h1-13,22,25-26,31H,14-17H2,(H2,29,30,34)/t22-,25+,26+/m1/s1. The fraction of sp³-hybridized carbons (Fsp3) is 0.259. The van der Waals surface area contributed by atoms with Gasteiger partial charge in [-0.2, -0.15) is 0 Å². The van der Waals surface area contributed by atoms with Crippen LogP contribution in [0, 0.1) is 11.7 Å². The number of halogens is 1. The van der Waals surface area contributed by atoms with Gasteiger partial charge >= 0.3 is 6.03 Å². The van der Waals surface area contributed by atoms with Crippen LogP contribution in [-0.4, -0.2) is 29.9 Å². The van der Waals surface area contributed by atoms with Crippen LogP contribution in [0.5, 0.6) is 0 Å². The summed E-state index contributed by atoms with van der Waals surface area (Å²) in [6.45, 7) is 0.914. The van der Waals surface area contributed by atoms with E-state index in [0.717, 1.165) is 17.7 Å². The second kappa shape index (κ2) is 9.55. The van der Waals surface area contributed by atoms with Crippen molar-refractivity contribution in [1.29, 1.82) is 0 Å². The highest BCUT2D eigenvalue weighted by atomic mass is 19.1. The average Bonchev–Trinajstić information content (AvgIpc) is 3.31. The summed E-state index contributed by atoms with van der Waals surface area (Å²) in [5.74, 6) is -0.0662. The van der Waals surface area contributed by atoms with E-state index in [4.69, 9.17) is 0 Å². The number of nitrogens with zero attached hydrogens (tertiary/aromatic N) is 1. The molecule has 0 bridgehead atoms. The van der Waals surface area contributed by atoms with Crippen LogP contribution in [0.4, 0.5) is 20.6 Å². The lowest BCUT2D eigenvalue weighted by Crippen LogP contribution is -2.39. The number of likely N-dealkylation sites (tertiary alicyclic amines) is 1. The first-order chi connectivity index (χ1) is 16.6. The maximum Gasteiger partial charge on any atom is 0.319 e. The minimum absolute atomic E-state index is 0.00296. The first-order valence-corrected chi connectivity index (χ1v) is 11.6. The summed E-state index contributed by atoms with van der Waals surface area (Å²) in [6.07, 6.45) is 1.13. The molecular formula is C27H27FN4O2. The lowest BCUT2D eigenvalue weighted by atomic mass is 9.80. The van der Waals surface area contributed by atoms with E-state index in [1.54, 1.807) is 0 Å². The van der Waals surface area contributed by atoms with Crippen LogP contribution < -0.4 is 16.0 Å². The Kier molecular flexibility index (Phi) is 6.16. The van der Waals surface area contributed by atoms with Crippen LogP contribution in [0.1, 0.15) is 36.1 Å². The Morgan fingerprint density at radius 3 is 2.50 bits per heavy atom. The number of anilines is 2. The van der Waals surface area contributed by atoms with Gasteiger partial charge in [0.15, 0.2) is 0 Å². The molecule has 2 heterocycles. The average molecular weight is 459 g/mol. The van der Waals surface area contributed by atoms with Gasteiger partial charge in [0, 0.05) is 36.8 Å². The van der Waals surface area contributed by atoms with Crippen LogP contribution in [-0.2, 0) is 4.79 Å². The van der Waals surface area contributed by atoms with Crippen molar-refractivity contribution in [2.75, 3.05) is 23.7 Å². The predicted octanol–water partition coefficient (Wildman–Crippen LogP) is 5.09. The lowest BCUT2D eigenvalue weighted by molar-refractivity contribution is -0.132. The van der Waals surface area contributed by atoms with Gasteiger partial charge in [0.05, 0.1) is 12.1 Å². The first-order valence-electron chi connectivity index (χ1n) is 11.6. The Hall–Kier alpha value is -3.87. The molecule has 5 rings (SSSR count). The Bertz CT molecular complexity index is 1170. The number of amides is 3. The van der Waals surface area contributed by atoms with E-state index in [2.05, 4.69) is 40.2 Å². The van der Waals surface area contributed by atoms with Crippen molar-refractivity contribution in [3.05, 3.63) is 95.8 Å². The quantitative estimate of drug-likeness (QED) is 0.498. The van der Waals surface area contributed by atoms with E-state index < -0.39 is 6.03 Å². The number of rotatable bonds is 5. The maximum absolute atomic E-state index is 13.2. The molecule has 0 unspecified atom stereocenters. The molecule has 3 N–H and O–H groups in total. The van der Waals surface area contributed by atoms with E-state index in [9.17, 15) is 14.0 Å². The second-order valence-corrected chi connectivity index (χ2v) is 8.74. The fourth-order valence-electron chi connectivity index (χ4n) is 5.13. The van der Waals surface area contributed by atoms with Crippen LogP contribution in [0.3, 0.4) is 0 Å². The molecule has 1 fully saturated rings. The summed E-state index contributed by atoms with van der Waals surface area (Å²) in [4.78, 5) is 27.3. The lowest BCUT2D eigenvalue weighted by Gasteiger charge is -2.40. The van der Waals surface area contributed by atoms with Gasteiger partial charge in [-0.3, -0.25) is 4.79 Å². The molecule has 174 valence electrons. The zero-order chi connectivity index (χ0) is 23.5. The Morgan fingerprint density at radius 2 is 1.71 bits per heavy atom. The third kappa shape index (κ3) is 4.46. The normalized spacial score (nSPS) is 20.6.